The van der Waals surface area contributed by atoms with Crippen molar-refractivity contribution in [2.75, 3.05) is 19.6 Å². The number of imidazole rings is 1. The molecule has 0 spiro atoms. The molecular formula is C33H36N6O4. The lowest BCUT2D eigenvalue weighted by atomic mass is 9.79. The molecule has 0 atom stereocenters. The number of carbonyl (C=O) groups excluding carboxylic acids is 4. The molecule has 222 valence electrons. The molecule has 3 heterocycles. The molecule has 4 aromatic rings. The number of benzene rings is 2. The second-order valence-electron chi connectivity index (χ2n) is 11.4. The predicted molar refractivity (Wildman–Crippen MR) is 161 cm³/mol. The monoisotopic (exact) mass is 580 g/mol. The summed E-state index contributed by atoms with van der Waals surface area (Å²) in [6.07, 6.45) is 12.2. The number of aryl methyl sites for hydroxylation is 1. The molecule has 10 nitrogen and oxygen atoms in total. The van der Waals surface area contributed by atoms with Crippen molar-refractivity contribution in [3.05, 3.63) is 90.1 Å². The Hall–Kier alpha value is -4.73. The zero-order chi connectivity index (χ0) is 29.8. The van der Waals surface area contributed by atoms with Crippen LogP contribution in [0.4, 0.5) is 0 Å². The number of aromatic nitrogens is 3. The van der Waals surface area contributed by atoms with Gasteiger partial charge in [0.1, 0.15) is 12.1 Å². The number of hydrogen-bond acceptors (Lipinski definition) is 5. The number of amides is 4. The van der Waals surface area contributed by atoms with Crippen LogP contribution < -0.4 is 5.32 Å². The van der Waals surface area contributed by atoms with Crippen molar-refractivity contribution in [2.24, 2.45) is 0 Å². The first-order valence-electron chi connectivity index (χ1n) is 15.0. The Bertz CT molecular complexity index is 1600. The van der Waals surface area contributed by atoms with Crippen LogP contribution in [0, 0.1) is 0 Å². The van der Waals surface area contributed by atoms with Crippen LogP contribution in [-0.4, -0.2) is 73.1 Å². The number of nitrogens with zero attached hydrogens (tertiary/aromatic N) is 4. The summed E-state index contributed by atoms with van der Waals surface area (Å²) in [5.41, 5.74) is 1.59. The fraction of sp³-hybridized carbons (Fsp3) is 0.364. The maximum absolute atomic E-state index is 14.2. The number of para-hydroxylation sites is 1. The normalized spacial score (nSPS) is 16.0. The van der Waals surface area contributed by atoms with E-state index in [1.807, 2.05) is 41.2 Å². The van der Waals surface area contributed by atoms with E-state index in [9.17, 15) is 19.2 Å². The number of H-pyrrole nitrogens is 1. The van der Waals surface area contributed by atoms with E-state index in [2.05, 4.69) is 15.3 Å². The van der Waals surface area contributed by atoms with Gasteiger partial charge in [0.05, 0.1) is 17.5 Å². The third-order valence-corrected chi connectivity index (χ3v) is 8.81. The molecule has 0 radical (unpaired) electrons. The number of aromatic amines is 1. The molecule has 0 bridgehead atoms. The van der Waals surface area contributed by atoms with Gasteiger partial charge in [-0.2, -0.15) is 0 Å². The summed E-state index contributed by atoms with van der Waals surface area (Å²) < 4.78 is 1.96. The van der Waals surface area contributed by atoms with E-state index in [1.54, 1.807) is 41.7 Å². The number of carbonyl (C=O) groups is 4. The summed E-state index contributed by atoms with van der Waals surface area (Å²) in [5.74, 6) is -1.53. The standard InChI is InChI=1S/C33H36N6O4/c40-29(22-38-30(41)26-10-2-3-11-27(26)31(38)42)39(19-13-24-21-36-28-12-5-4-9-25(24)28)33(14-6-1-7-15-33)32(43)35-16-8-18-37-20-17-34-23-37/h2-5,9-12,17,20-21,23,36H,1,6-8,13-16,18-19,22H2,(H,35,43). The van der Waals surface area contributed by atoms with Crippen LogP contribution >= 0.6 is 0 Å². The number of imide groups is 1. The molecule has 2 aromatic heterocycles. The molecule has 1 aliphatic carbocycles. The molecule has 4 amide bonds. The Kier molecular flexibility index (Phi) is 8.09. The lowest BCUT2D eigenvalue weighted by molar-refractivity contribution is -0.150. The zero-order valence-corrected chi connectivity index (χ0v) is 24.1. The van der Waals surface area contributed by atoms with E-state index in [0.717, 1.165) is 53.6 Å². The van der Waals surface area contributed by atoms with E-state index < -0.39 is 29.8 Å². The highest BCUT2D eigenvalue weighted by Crippen LogP contribution is 2.35. The van der Waals surface area contributed by atoms with Gasteiger partial charge in [-0.25, -0.2) is 4.98 Å². The lowest BCUT2D eigenvalue weighted by Gasteiger charge is -2.45. The largest absolute Gasteiger partial charge is 0.361 e. The van der Waals surface area contributed by atoms with Crippen molar-refractivity contribution in [3.8, 4) is 0 Å². The van der Waals surface area contributed by atoms with Gasteiger partial charge in [-0.1, -0.05) is 49.6 Å². The van der Waals surface area contributed by atoms with Crippen LogP contribution in [0.1, 0.15) is 64.8 Å². The average Bonchev–Trinajstić information content (AvgIpc) is 3.76. The topological polar surface area (TPSA) is 120 Å². The molecule has 43 heavy (non-hydrogen) atoms. The van der Waals surface area contributed by atoms with E-state index in [4.69, 9.17) is 0 Å². The zero-order valence-electron chi connectivity index (χ0n) is 24.1. The maximum atomic E-state index is 14.2. The van der Waals surface area contributed by atoms with Gasteiger partial charge in [-0.15, -0.1) is 0 Å². The molecular weight excluding hydrogens is 544 g/mol. The lowest BCUT2D eigenvalue weighted by Crippen LogP contribution is -2.63. The third kappa shape index (κ3) is 5.57. The fourth-order valence-electron chi connectivity index (χ4n) is 6.55. The quantitative estimate of drug-likeness (QED) is 0.206. The molecule has 10 heteroatoms. The van der Waals surface area contributed by atoms with Crippen molar-refractivity contribution < 1.29 is 19.2 Å². The average molecular weight is 581 g/mol. The summed E-state index contributed by atoms with van der Waals surface area (Å²) >= 11 is 0. The van der Waals surface area contributed by atoms with E-state index in [1.165, 1.54) is 0 Å². The second-order valence-corrected chi connectivity index (χ2v) is 11.4. The van der Waals surface area contributed by atoms with Crippen LogP contribution in [-0.2, 0) is 22.6 Å². The van der Waals surface area contributed by atoms with Crippen molar-refractivity contribution in [1.29, 1.82) is 0 Å². The number of hydrogen-bond donors (Lipinski definition) is 2. The summed E-state index contributed by atoms with van der Waals surface area (Å²) in [7, 11) is 0. The molecule has 1 aliphatic heterocycles. The van der Waals surface area contributed by atoms with Gasteiger partial charge in [0, 0.05) is 49.1 Å². The fourth-order valence-corrected chi connectivity index (χ4v) is 6.55. The van der Waals surface area contributed by atoms with Crippen LogP contribution in [0.2, 0.25) is 0 Å². The first kappa shape index (κ1) is 28.4. The van der Waals surface area contributed by atoms with E-state index in [-0.39, 0.29) is 12.5 Å². The van der Waals surface area contributed by atoms with Crippen molar-refractivity contribution >= 4 is 34.5 Å². The Morgan fingerprint density at radius 3 is 2.42 bits per heavy atom. The maximum Gasteiger partial charge on any atom is 0.262 e. The summed E-state index contributed by atoms with van der Waals surface area (Å²) in [5, 5.41) is 4.19. The van der Waals surface area contributed by atoms with Crippen molar-refractivity contribution in [3.63, 3.8) is 0 Å². The minimum atomic E-state index is -1.06. The third-order valence-electron chi connectivity index (χ3n) is 8.81. The van der Waals surface area contributed by atoms with Crippen LogP contribution in [0.5, 0.6) is 0 Å². The summed E-state index contributed by atoms with van der Waals surface area (Å²) in [4.78, 5) is 64.7. The first-order valence-corrected chi connectivity index (χ1v) is 15.0. The molecule has 2 N–H and O–H groups in total. The number of rotatable bonds is 11. The highest BCUT2D eigenvalue weighted by atomic mass is 16.2. The molecule has 2 aromatic carbocycles. The van der Waals surface area contributed by atoms with Gasteiger partial charge in [0.15, 0.2) is 0 Å². The van der Waals surface area contributed by atoms with Crippen molar-refractivity contribution in [1.82, 2.24) is 29.7 Å². The summed E-state index contributed by atoms with van der Waals surface area (Å²) in [6.45, 7) is 1.06. The first-order chi connectivity index (χ1) is 21.0. The van der Waals surface area contributed by atoms with Crippen molar-refractivity contribution in [2.45, 2.75) is 57.0 Å². The Morgan fingerprint density at radius 2 is 1.70 bits per heavy atom. The molecule has 1 fully saturated rings. The molecule has 2 aliphatic rings. The predicted octanol–water partition coefficient (Wildman–Crippen LogP) is 3.94. The Morgan fingerprint density at radius 1 is 0.977 bits per heavy atom. The van der Waals surface area contributed by atoms with Gasteiger partial charge in [-0.05, 0) is 49.4 Å². The van der Waals surface area contributed by atoms with Crippen LogP contribution in [0.15, 0.2) is 73.4 Å². The van der Waals surface area contributed by atoms with E-state index in [0.29, 0.717) is 36.9 Å². The Balaban J connectivity index is 1.26. The van der Waals surface area contributed by atoms with Gasteiger partial charge in [0.25, 0.3) is 11.8 Å². The molecule has 1 saturated carbocycles. The molecule has 6 rings (SSSR count). The molecule has 0 unspecified atom stereocenters. The smallest absolute Gasteiger partial charge is 0.262 e. The van der Waals surface area contributed by atoms with Gasteiger partial charge in [0.2, 0.25) is 11.8 Å². The van der Waals surface area contributed by atoms with Gasteiger partial charge >= 0.3 is 0 Å². The molecule has 0 saturated heterocycles. The van der Waals surface area contributed by atoms with Crippen LogP contribution in [0.25, 0.3) is 10.9 Å². The van der Waals surface area contributed by atoms with E-state index >= 15 is 0 Å². The highest BCUT2D eigenvalue weighted by Gasteiger charge is 2.48. The number of nitrogens with one attached hydrogen (secondary N) is 2. The highest BCUT2D eigenvalue weighted by molar-refractivity contribution is 6.22. The van der Waals surface area contributed by atoms with Gasteiger partial charge in [-0.3, -0.25) is 24.1 Å². The minimum absolute atomic E-state index is 0.174. The minimum Gasteiger partial charge on any atom is -0.361 e. The number of fused-ring (bicyclic) bond motifs is 2. The van der Waals surface area contributed by atoms with Crippen LogP contribution in [0.3, 0.4) is 0 Å². The summed E-state index contributed by atoms with van der Waals surface area (Å²) in [6, 6.07) is 14.6. The van der Waals surface area contributed by atoms with Gasteiger partial charge < -0.3 is 19.8 Å². The Labute approximate surface area is 250 Å². The second kappa shape index (κ2) is 12.2. The SMILES string of the molecule is O=C1c2ccccc2C(=O)N1CC(=O)N(CCc1c[nH]c2ccccc12)C1(C(=O)NCCCn2ccnc2)CCCCC1.